The van der Waals surface area contributed by atoms with Crippen molar-refractivity contribution < 1.29 is 17.9 Å². The summed E-state index contributed by atoms with van der Waals surface area (Å²) >= 11 is 3.26. The summed E-state index contributed by atoms with van der Waals surface area (Å²) in [6.07, 6.45) is 1.55. The Bertz CT molecular complexity index is 708. The summed E-state index contributed by atoms with van der Waals surface area (Å²) in [6, 6.07) is 3.31. The zero-order valence-electron chi connectivity index (χ0n) is 9.33. The molecule has 0 amide bonds. The van der Waals surface area contributed by atoms with Crippen molar-refractivity contribution in [1.82, 2.24) is 9.38 Å². The number of pyridine rings is 1. The molecule has 0 aliphatic heterocycles. The van der Waals surface area contributed by atoms with E-state index in [1.54, 1.807) is 18.3 Å². The first kappa shape index (κ1) is 13.0. The number of hydrogen-bond acceptors (Lipinski definition) is 5. The van der Waals surface area contributed by atoms with Crippen LogP contribution in [-0.2, 0) is 14.6 Å². The van der Waals surface area contributed by atoms with Crippen LogP contribution in [0, 0.1) is 0 Å². The molecule has 2 rings (SSSR count). The molecule has 0 aromatic carbocycles. The summed E-state index contributed by atoms with van der Waals surface area (Å²) in [6.45, 7) is 1.67. The van der Waals surface area contributed by atoms with Crippen LogP contribution in [0.1, 0.15) is 6.92 Å². The van der Waals surface area contributed by atoms with Crippen molar-refractivity contribution in [3.63, 3.8) is 0 Å². The third-order valence-electron chi connectivity index (χ3n) is 2.35. The minimum Gasteiger partial charge on any atom is -0.406 e. The van der Waals surface area contributed by atoms with Gasteiger partial charge in [-0.3, -0.25) is 9.20 Å². The molecular formula is C10H9BrN2O4S. The average molecular weight is 333 g/mol. The van der Waals surface area contributed by atoms with Gasteiger partial charge in [0.05, 0.1) is 5.75 Å². The number of carbonyl (C=O) groups excluding carboxylic acids is 1. The molecule has 0 spiro atoms. The van der Waals surface area contributed by atoms with Gasteiger partial charge in [0, 0.05) is 10.7 Å². The lowest BCUT2D eigenvalue weighted by Gasteiger charge is -2.02. The first-order valence-corrected chi connectivity index (χ1v) is 7.44. The van der Waals surface area contributed by atoms with Crippen LogP contribution in [0.3, 0.4) is 0 Å². The van der Waals surface area contributed by atoms with Gasteiger partial charge in [-0.15, -0.1) is 0 Å². The maximum atomic E-state index is 12.0. The van der Waals surface area contributed by atoms with E-state index in [0.29, 0.717) is 5.65 Å². The second-order valence-electron chi connectivity index (χ2n) is 3.41. The predicted molar refractivity (Wildman–Crippen MR) is 67.3 cm³/mol. The van der Waals surface area contributed by atoms with Gasteiger partial charge in [0.25, 0.3) is 12.4 Å². The Labute approximate surface area is 112 Å². The van der Waals surface area contributed by atoms with Gasteiger partial charge in [-0.2, -0.15) is 4.98 Å². The first-order chi connectivity index (χ1) is 8.49. The smallest absolute Gasteiger partial charge is 0.299 e. The second-order valence-corrected chi connectivity index (χ2v) is 6.52. The molecule has 2 heterocycles. The normalized spacial score (nSPS) is 11.7. The van der Waals surface area contributed by atoms with Gasteiger partial charge >= 0.3 is 0 Å². The monoisotopic (exact) mass is 332 g/mol. The van der Waals surface area contributed by atoms with Crippen molar-refractivity contribution in [2.45, 2.75) is 11.9 Å². The number of rotatable bonds is 4. The molecule has 2 aromatic rings. The van der Waals surface area contributed by atoms with Crippen LogP contribution in [0.25, 0.3) is 5.65 Å². The molecular weight excluding hydrogens is 324 g/mol. The van der Waals surface area contributed by atoms with E-state index in [0.717, 1.165) is 4.47 Å². The van der Waals surface area contributed by atoms with E-state index in [1.165, 1.54) is 11.3 Å². The van der Waals surface area contributed by atoms with Gasteiger partial charge in [0.2, 0.25) is 5.03 Å². The number of nitrogens with zero attached hydrogens (tertiary/aromatic N) is 2. The SMILES string of the molecule is CCS(=O)(=O)c1c(OC=O)nc2cc(Br)ccn12. The Morgan fingerprint density at radius 3 is 2.89 bits per heavy atom. The first-order valence-electron chi connectivity index (χ1n) is 5.00. The molecule has 0 atom stereocenters. The number of imidazole rings is 1. The second kappa shape index (κ2) is 4.69. The Morgan fingerprint density at radius 1 is 1.56 bits per heavy atom. The highest BCUT2D eigenvalue weighted by atomic mass is 79.9. The van der Waals surface area contributed by atoms with E-state index in [-0.39, 0.29) is 23.1 Å². The van der Waals surface area contributed by atoms with Crippen LogP contribution in [-0.4, -0.2) is 30.0 Å². The highest BCUT2D eigenvalue weighted by Gasteiger charge is 2.25. The summed E-state index contributed by atoms with van der Waals surface area (Å²) in [5.74, 6) is -0.309. The zero-order valence-corrected chi connectivity index (χ0v) is 11.7. The van der Waals surface area contributed by atoms with Gasteiger partial charge in [0.15, 0.2) is 9.84 Å². The summed E-state index contributed by atoms with van der Waals surface area (Å²) in [4.78, 5) is 14.4. The quantitative estimate of drug-likeness (QED) is 0.791. The summed E-state index contributed by atoms with van der Waals surface area (Å²) < 4.78 is 30.7. The Morgan fingerprint density at radius 2 is 2.28 bits per heavy atom. The Balaban J connectivity index is 2.82. The number of sulfone groups is 1. The number of carbonyl (C=O) groups is 1. The van der Waals surface area contributed by atoms with Crippen molar-refractivity contribution in [3.05, 3.63) is 22.8 Å². The molecule has 2 aromatic heterocycles. The fraction of sp³-hybridized carbons (Fsp3) is 0.200. The number of ether oxygens (including phenoxy) is 1. The van der Waals surface area contributed by atoms with Crippen LogP contribution in [0.2, 0.25) is 0 Å². The molecule has 0 bridgehead atoms. The number of fused-ring (bicyclic) bond motifs is 1. The van der Waals surface area contributed by atoms with Crippen LogP contribution in [0.5, 0.6) is 5.88 Å². The molecule has 0 radical (unpaired) electrons. The van der Waals surface area contributed by atoms with Crippen LogP contribution in [0.4, 0.5) is 0 Å². The minimum absolute atomic E-state index is 0.105. The number of hydrogen-bond donors (Lipinski definition) is 0. The van der Waals surface area contributed by atoms with Crippen LogP contribution < -0.4 is 4.74 Å². The van der Waals surface area contributed by atoms with E-state index in [1.807, 2.05) is 0 Å². The standard InChI is InChI=1S/C10H9BrN2O4S/c1-2-18(15,16)10-9(17-6-14)12-8-5-7(11)3-4-13(8)10/h3-6H,2H2,1H3. The molecule has 6 nitrogen and oxygen atoms in total. The van der Waals surface area contributed by atoms with E-state index >= 15 is 0 Å². The third-order valence-corrected chi connectivity index (χ3v) is 4.56. The molecule has 0 fully saturated rings. The van der Waals surface area contributed by atoms with Crippen molar-refractivity contribution in [3.8, 4) is 5.88 Å². The number of halogens is 1. The maximum Gasteiger partial charge on any atom is 0.299 e. The van der Waals surface area contributed by atoms with Crippen LogP contribution in [0.15, 0.2) is 27.8 Å². The molecule has 0 saturated heterocycles. The summed E-state index contributed by atoms with van der Waals surface area (Å²) in [5.41, 5.74) is 0.383. The lowest BCUT2D eigenvalue weighted by atomic mass is 10.5. The predicted octanol–water partition coefficient (Wildman–Crippen LogP) is 1.43. The molecule has 0 aliphatic carbocycles. The van der Waals surface area contributed by atoms with Crippen LogP contribution >= 0.6 is 15.9 Å². The van der Waals surface area contributed by atoms with Crippen molar-refractivity contribution >= 4 is 37.9 Å². The van der Waals surface area contributed by atoms with E-state index in [4.69, 9.17) is 0 Å². The molecule has 0 aliphatic rings. The fourth-order valence-corrected chi connectivity index (χ4v) is 2.93. The number of aromatic nitrogens is 2. The summed E-state index contributed by atoms with van der Waals surface area (Å²) in [7, 11) is -3.55. The highest BCUT2D eigenvalue weighted by molar-refractivity contribution is 9.10. The van der Waals surface area contributed by atoms with Gasteiger partial charge in [0.1, 0.15) is 5.65 Å². The molecule has 0 unspecified atom stereocenters. The average Bonchev–Trinajstić information content (AvgIpc) is 2.67. The molecule has 0 N–H and O–H groups in total. The zero-order chi connectivity index (χ0) is 13.3. The van der Waals surface area contributed by atoms with Crippen molar-refractivity contribution in [2.75, 3.05) is 5.75 Å². The minimum atomic E-state index is -3.55. The van der Waals surface area contributed by atoms with Gasteiger partial charge in [-0.1, -0.05) is 22.9 Å². The molecule has 96 valence electrons. The highest BCUT2D eigenvalue weighted by Crippen LogP contribution is 2.27. The van der Waals surface area contributed by atoms with E-state index in [9.17, 15) is 13.2 Å². The van der Waals surface area contributed by atoms with E-state index < -0.39 is 9.84 Å². The van der Waals surface area contributed by atoms with Gasteiger partial charge in [-0.05, 0) is 12.1 Å². The molecule has 18 heavy (non-hydrogen) atoms. The maximum absolute atomic E-state index is 12.0. The molecule has 0 saturated carbocycles. The van der Waals surface area contributed by atoms with Gasteiger partial charge < -0.3 is 4.74 Å². The largest absolute Gasteiger partial charge is 0.406 e. The topological polar surface area (TPSA) is 77.7 Å². The van der Waals surface area contributed by atoms with E-state index in [2.05, 4.69) is 25.7 Å². The third kappa shape index (κ3) is 2.13. The van der Waals surface area contributed by atoms with Gasteiger partial charge in [-0.25, -0.2) is 8.42 Å². The molecule has 8 heteroatoms. The summed E-state index contributed by atoms with van der Waals surface area (Å²) in [5, 5.41) is -0.111. The fourth-order valence-electron chi connectivity index (χ4n) is 1.52. The lowest BCUT2D eigenvalue weighted by Crippen LogP contribution is -2.09. The Hall–Kier alpha value is -1.41. The van der Waals surface area contributed by atoms with Crippen molar-refractivity contribution in [1.29, 1.82) is 0 Å². The van der Waals surface area contributed by atoms with Crippen molar-refractivity contribution in [2.24, 2.45) is 0 Å². The Kier molecular flexibility index (Phi) is 3.40. The lowest BCUT2D eigenvalue weighted by molar-refractivity contribution is -0.121.